The van der Waals surface area contributed by atoms with E-state index in [9.17, 15) is 13.2 Å². The van der Waals surface area contributed by atoms with E-state index < -0.39 is 15.9 Å². The Morgan fingerprint density at radius 2 is 1.71 bits per heavy atom. The van der Waals surface area contributed by atoms with Gasteiger partial charge in [0.25, 0.3) is 5.91 Å². The quantitative estimate of drug-likeness (QED) is 0.658. The number of hydrogen-bond acceptors (Lipinski definition) is 4. The largest absolute Gasteiger partial charge is 0.497 e. The summed E-state index contributed by atoms with van der Waals surface area (Å²) in [6.07, 6.45) is 1.42. The lowest BCUT2D eigenvalue weighted by Crippen LogP contribution is -2.34. The monoisotopic (exact) mass is 404 g/mol. The Morgan fingerprint density at radius 1 is 1.04 bits per heavy atom. The zero-order valence-corrected chi connectivity index (χ0v) is 17.5. The van der Waals surface area contributed by atoms with Gasteiger partial charge in [0.1, 0.15) is 5.75 Å². The Morgan fingerprint density at radius 3 is 2.36 bits per heavy atom. The van der Waals surface area contributed by atoms with E-state index in [4.69, 9.17) is 4.74 Å². The topological polar surface area (TPSA) is 75.7 Å². The third-order valence-corrected chi connectivity index (χ3v) is 6.24. The van der Waals surface area contributed by atoms with Gasteiger partial charge in [0, 0.05) is 19.6 Å². The molecular weight excluding hydrogens is 376 g/mol. The molecule has 6 nitrogen and oxygen atoms in total. The molecule has 152 valence electrons. The van der Waals surface area contributed by atoms with E-state index in [0.717, 1.165) is 5.56 Å². The van der Waals surface area contributed by atoms with E-state index in [1.807, 2.05) is 38.1 Å². The molecule has 0 radical (unpaired) electrons. The van der Waals surface area contributed by atoms with Gasteiger partial charge in [0.05, 0.1) is 17.6 Å². The van der Waals surface area contributed by atoms with E-state index in [1.165, 1.54) is 10.4 Å². The lowest BCUT2D eigenvalue weighted by Gasteiger charge is -2.22. The first-order valence-electron chi connectivity index (χ1n) is 9.44. The van der Waals surface area contributed by atoms with E-state index in [1.54, 1.807) is 25.3 Å². The minimum Gasteiger partial charge on any atom is -0.497 e. The van der Waals surface area contributed by atoms with Crippen molar-refractivity contribution in [1.82, 2.24) is 9.62 Å². The molecule has 0 aliphatic carbocycles. The maximum absolute atomic E-state index is 13.1. The molecule has 2 aromatic carbocycles. The third kappa shape index (κ3) is 5.33. The Kier molecular flexibility index (Phi) is 8.02. The second-order valence-corrected chi connectivity index (χ2v) is 8.34. The van der Waals surface area contributed by atoms with Crippen LogP contribution in [0.4, 0.5) is 0 Å². The number of benzene rings is 2. The van der Waals surface area contributed by atoms with Crippen LogP contribution in [0.25, 0.3) is 0 Å². The van der Waals surface area contributed by atoms with Crippen molar-refractivity contribution in [3.8, 4) is 5.75 Å². The van der Waals surface area contributed by atoms with E-state index in [2.05, 4.69) is 5.32 Å². The van der Waals surface area contributed by atoms with Crippen LogP contribution in [0.5, 0.6) is 5.75 Å². The molecule has 0 spiro atoms. The number of rotatable bonds is 10. The Hall–Kier alpha value is -2.38. The molecule has 0 heterocycles. The molecule has 0 aliphatic heterocycles. The summed E-state index contributed by atoms with van der Waals surface area (Å²) in [6, 6.07) is 13.7. The summed E-state index contributed by atoms with van der Waals surface area (Å²) >= 11 is 0. The maximum atomic E-state index is 13.1. The number of nitrogens with one attached hydrogen (secondary N) is 1. The standard InChI is InChI=1S/C21H28N2O4S/c1-4-13-23(14-5-2)28(25,26)20-12-7-6-11-19(20)21(24)22-16-17-9-8-10-18(15-17)27-3/h6-12,15H,4-5,13-14,16H2,1-3H3,(H,22,24). The highest BCUT2D eigenvalue weighted by Gasteiger charge is 2.27. The molecule has 2 aromatic rings. The van der Waals surface area contributed by atoms with Crippen LogP contribution in [0.1, 0.15) is 42.6 Å². The number of methoxy groups -OCH3 is 1. The van der Waals surface area contributed by atoms with E-state index in [0.29, 0.717) is 31.7 Å². The fraction of sp³-hybridized carbons (Fsp3) is 0.381. The van der Waals surface area contributed by atoms with Crippen LogP contribution in [-0.4, -0.2) is 38.8 Å². The number of carbonyl (C=O) groups is 1. The highest BCUT2D eigenvalue weighted by molar-refractivity contribution is 7.89. The van der Waals surface area contributed by atoms with Gasteiger partial charge in [-0.25, -0.2) is 8.42 Å². The van der Waals surface area contributed by atoms with Crippen molar-refractivity contribution in [1.29, 1.82) is 0 Å². The molecule has 0 atom stereocenters. The van der Waals surface area contributed by atoms with Crippen molar-refractivity contribution in [2.24, 2.45) is 0 Å². The van der Waals surface area contributed by atoms with Crippen molar-refractivity contribution in [3.63, 3.8) is 0 Å². The fourth-order valence-electron chi connectivity index (χ4n) is 2.93. The van der Waals surface area contributed by atoms with Crippen LogP contribution >= 0.6 is 0 Å². The van der Waals surface area contributed by atoms with Crippen molar-refractivity contribution in [2.45, 2.75) is 38.1 Å². The predicted molar refractivity (Wildman–Crippen MR) is 110 cm³/mol. The van der Waals surface area contributed by atoms with Gasteiger partial charge in [-0.3, -0.25) is 4.79 Å². The smallest absolute Gasteiger partial charge is 0.252 e. The predicted octanol–water partition coefficient (Wildman–Crippen LogP) is 3.44. The summed E-state index contributed by atoms with van der Waals surface area (Å²) in [5.74, 6) is 0.277. The minimum absolute atomic E-state index is 0.0417. The molecule has 2 rings (SSSR count). The molecule has 1 amide bonds. The Labute approximate surface area is 167 Å². The number of carbonyl (C=O) groups excluding carboxylic acids is 1. The molecule has 7 heteroatoms. The summed E-state index contributed by atoms with van der Waals surface area (Å²) in [6.45, 7) is 5.00. The van der Waals surface area contributed by atoms with Gasteiger partial charge in [-0.15, -0.1) is 0 Å². The Balaban J connectivity index is 2.25. The summed E-state index contributed by atoms with van der Waals surface area (Å²) in [5.41, 5.74) is 1.02. The van der Waals surface area contributed by atoms with Crippen LogP contribution in [0.3, 0.4) is 0 Å². The first-order chi connectivity index (χ1) is 13.4. The maximum Gasteiger partial charge on any atom is 0.252 e. The second kappa shape index (κ2) is 10.2. The van der Waals surface area contributed by atoms with Gasteiger partial charge in [-0.05, 0) is 42.7 Å². The van der Waals surface area contributed by atoms with Crippen LogP contribution in [0.15, 0.2) is 53.4 Å². The highest BCUT2D eigenvalue weighted by atomic mass is 32.2. The minimum atomic E-state index is -3.74. The molecule has 0 bridgehead atoms. The zero-order chi connectivity index (χ0) is 20.6. The molecule has 28 heavy (non-hydrogen) atoms. The van der Waals surface area contributed by atoms with Crippen molar-refractivity contribution in [3.05, 3.63) is 59.7 Å². The van der Waals surface area contributed by atoms with Gasteiger partial charge in [-0.1, -0.05) is 38.1 Å². The molecule has 0 saturated heterocycles. The summed E-state index contributed by atoms with van der Waals surface area (Å²) in [7, 11) is -2.16. The number of sulfonamides is 1. The van der Waals surface area contributed by atoms with Crippen LogP contribution in [0.2, 0.25) is 0 Å². The van der Waals surface area contributed by atoms with E-state index in [-0.39, 0.29) is 17.0 Å². The number of hydrogen-bond donors (Lipinski definition) is 1. The van der Waals surface area contributed by atoms with Gasteiger partial charge in [-0.2, -0.15) is 4.31 Å². The van der Waals surface area contributed by atoms with Gasteiger partial charge in [0.2, 0.25) is 10.0 Å². The number of ether oxygens (including phenoxy) is 1. The molecular formula is C21H28N2O4S. The SMILES string of the molecule is CCCN(CCC)S(=O)(=O)c1ccccc1C(=O)NCc1cccc(OC)c1. The van der Waals surface area contributed by atoms with Crippen molar-refractivity contribution in [2.75, 3.05) is 20.2 Å². The molecule has 0 unspecified atom stereocenters. The second-order valence-electron chi connectivity index (χ2n) is 6.43. The lowest BCUT2D eigenvalue weighted by atomic mass is 10.2. The van der Waals surface area contributed by atoms with Crippen LogP contribution < -0.4 is 10.1 Å². The highest BCUT2D eigenvalue weighted by Crippen LogP contribution is 2.21. The average Bonchev–Trinajstić information content (AvgIpc) is 2.72. The normalized spacial score (nSPS) is 11.4. The molecule has 1 N–H and O–H groups in total. The van der Waals surface area contributed by atoms with Gasteiger partial charge >= 0.3 is 0 Å². The number of nitrogens with zero attached hydrogens (tertiary/aromatic N) is 1. The number of amides is 1. The fourth-order valence-corrected chi connectivity index (χ4v) is 4.74. The molecule has 0 aromatic heterocycles. The Bertz CT molecular complexity index is 891. The van der Waals surface area contributed by atoms with E-state index >= 15 is 0 Å². The first kappa shape index (κ1) is 21.9. The first-order valence-corrected chi connectivity index (χ1v) is 10.9. The van der Waals surface area contributed by atoms with Crippen LogP contribution in [0, 0.1) is 0 Å². The molecule has 0 fully saturated rings. The molecule has 0 aliphatic rings. The summed E-state index contributed by atoms with van der Waals surface area (Å²) in [5, 5.41) is 2.80. The van der Waals surface area contributed by atoms with Gasteiger partial charge < -0.3 is 10.1 Å². The van der Waals surface area contributed by atoms with Crippen LogP contribution in [-0.2, 0) is 16.6 Å². The summed E-state index contributed by atoms with van der Waals surface area (Å²) in [4.78, 5) is 12.8. The molecule has 0 saturated carbocycles. The zero-order valence-electron chi connectivity index (χ0n) is 16.6. The van der Waals surface area contributed by atoms with Crippen molar-refractivity contribution >= 4 is 15.9 Å². The average molecular weight is 405 g/mol. The lowest BCUT2D eigenvalue weighted by molar-refractivity contribution is 0.0947. The third-order valence-electron chi connectivity index (χ3n) is 4.28. The summed E-state index contributed by atoms with van der Waals surface area (Å²) < 4.78 is 32.9. The van der Waals surface area contributed by atoms with Crippen molar-refractivity contribution < 1.29 is 17.9 Å². The van der Waals surface area contributed by atoms with Gasteiger partial charge in [0.15, 0.2) is 0 Å².